The van der Waals surface area contributed by atoms with E-state index in [1.807, 2.05) is 40.6 Å². The number of aromatic nitrogens is 5. The number of benzene rings is 1. The van der Waals surface area contributed by atoms with Gasteiger partial charge in [-0.05, 0) is 44.7 Å². The predicted molar refractivity (Wildman–Crippen MR) is 129 cm³/mol. The number of imidazole rings is 1. The molecule has 2 aromatic heterocycles. The zero-order chi connectivity index (χ0) is 24.0. The zero-order valence-electron chi connectivity index (χ0n) is 20.4. The Bertz CT molecular complexity index is 1280. The van der Waals surface area contributed by atoms with Crippen LogP contribution in [-0.4, -0.2) is 37.1 Å². The van der Waals surface area contributed by atoms with Gasteiger partial charge in [0.05, 0.1) is 30.5 Å². The summed E-state index contributed by atoms with van der Waals surface area (Å²) in [5.41, 5.74) is 3.13. The van der Waals surface area contributed by atoms with Crippen LogP contribution in [-0.2, 0) is 17.0 Å². The molecule has 1 unspecified atom stereocenters. The van der Waals surface area contributed by atoms with Crippen LogP contribution in [0.25, 0.3) is 5.70 Å². The molecule has 2 atom stereocenters. The van der Waals surface area contributed by atoms with Gasteiger partial charge < -0.3 is 9.30 Å². The highest BCUT2D eigenvalue weighted by Gasteiger charge is 2.32. The monoisotopic (exact) mass is 462 g/mol. The first-order chi connectivity index (χ1) is 16.2. The lowest BCUT2D eigenvalue weighted by atomic mass is 9.88. The Morgan fingerprint density at radius 2 is 2.06 bits per heavy atom. The molecule has 0 aliphatic carbocycles. The lowest BCUT2D eigenvalue weighted by Gasteiger charge is -2.24. The maximum absolute atomic E-state index is 14.6. The van der Waals surface area contributed by atoms with Crippen molar-refractivity contribution in [3.63, 3.8) is 0 Å². The molecule has 3 aromatic rings. The van der Waals surface area contributed by atoms with Gasteiger partial charge in [0.2, 0.25) is 5.88 Å². The molecule has 0 N–H and O–H groups in total. The first-order valence-corrected chi connectivity index (χ1v) is 11.9. The Labute approximate surface area is 199 Å². The van der Waals surface area contributed by atoms with Crippen LogP contribution in [0, 0.1) is 12.8 Å². The summed E-state index contributed by atoms with van der Waals surface area (Å²) in [4.78, 5) is 14.2. The van der Waals surface area contributed by atoms with Gasteiger partial charge in [0.15, 0.2) is 5.82 Å². The number of aliphatic imine (C=N–C) groups is 1. The number of ether oxygens (including phenoxy) is 1. The van der Waals surface area contributed by atoms with E-state index in [1.54, 1.807) is 27.3 Å². The Kier molecular flexibility index (Phi) is 5.62. The molecule has 178 valence electrons. The number of alkyl halides is 1. The molecule has 0 fully saturated rings. The number of halogens is 1. The average Bonchev–Trinajstić information content (AvgIpc) is 3.44. The van der Waals surface area contributed by atoms with Gasteiger partial charge in [-0.1, -0.05) is 31.2 Å². The molecular weight excluding hydrogens is 431 g/mol. The number of fused-ring (bicyclic) bond motifs is 1. The van der Waals surface area contributed by atoms with E-state index in [0.717, 1.165) is 54.3 Å². The first-order valence-electron chi connectivity index (χ1n) is 11.9. The first kappa shape index (κ1) is 22.5. The van der Waals surface area contributed by atoms with E-state index in [2.05, 4.69) is 18.0 Å². The molecule has 8 heteroatoms. The van der Waals surface area contributed by atoms with Crippen LogP contribution in [0.15, 0.2) is 47.7 Å². The molecule has 0 amide bonds. The summed E-state index contributed by atoms with van der Waals surface area (Å²) in [6.07, 6.45) is 6.48. The van der Waals surface area contributed by atoms with Crippen molar-refractivity contribution in [1.29, 1.82) is 0 Å². The summed E-state index contributed by atoms with van der Waals surface area (Å²) in [5.74, 6) is 2.33. The molecular formula is C26H31FN6O. The Hall–Kier alpha value is -3.29. The third-order valence-corrected chi connectivity index (χ3v) is 6.73. The molecule has 4 heterocycles. The van der Waals surface area contributed by atoms with Gasteiger partial charge >= 0.3 is 0 Å². The lowest BCUT2D eigenvalue weighted by molar-refractivity contribution is 0.221. The van der Waals surface area contributed by atoms with Crippen LogP contribution < -0.4 is 0 Å². The van der Waals surface area contributed by atoms with Crippen molar-refractivity contribution in [3.8, 4) is 0 Å². The van der Waals surface area contributed by atoms with E-state index in [-0.39, 0.29) is 11.8 Å². The molecule has 0 saturated carbocycles. The van der Waals surface area contributed by atoms with Gasteiger partial charge in [-0.25, -0.2) is 24.0 Å². The fourth-order valence-corrected chi connectivity index (χ4v) is 4.88. The second kappa shape index (κ2) is 8.49. The molecule has 2 aliphatic heterocycles. The molecule has 2 aliphatic rings. The SMILES string of the molecule is COC1=C(n2cnc(C)c2)CC(C)C(c2nc3n(n2)CCC[C@@H]3c2cccc(C(C)(C)F)c2)=N1. The molecule has 5 rings (SSSR count). The summed E-state index contributed by atoms with van der Waals surface area (Å²) in [6.45, 7) is 8.11. The topological polar surface area (TPSA) is 70.1 Å². The van der Waals surface area contributed by atoms with Crippen LogP contribution in [0.5, 0.6) is 0 Å². The highest BCUT2D eigenvalue weighted by molar-refractivity contribution is 6.01. The van der Waals surface area contributed by atoms with Crippen molar-refractivity contribution in [2.45, 2.75) is 65.1 Å². The largest absolute Gasteiger partial charge is 0.480 e. The highest BCUT2D eigenvalue weighted by Crippen LogP contribution is 2.36. The molecule has 34 heavy (non-hydrogen) atoms. The van der Waals surface area contributed by atoms with E-state index in [9.17, 15) is 4.39 Å². The minimum absolute atomic E-state index is 0.0821. The van der Waals surface area contributed by atoms with Crippen molar-refractivity contribution in [3.05, 3.63) is 71.1 Å². The van der Waals surface area contributed by atoms with Gasteiger partial charge in [0.25, 0.3) is 0 Å². The molecule has 0 radical (unpaired) electrons. The number of aryl methyl sites for hydroxylation is 2. The molecule has 0 saturated heterocycles. The van der Waals surface area contributed by atoms with Gasteiger partial charge in [0.1, 0.15) is 11.5 Å². The predicted octanol–water partition coefficient (Wildman–Crippen LogP) is 5.21. The lowest BCUT2D eigenvalue weighted by Crippen LogP contribution is -2.22. The van der Waals surface area contributed by atoms with Crippen molar-refractivity contribution < 1.29 is 9.13 Å². The summed E-state index contributed by atoms with van der Waals surface area (Å²) in [6, 6.07) is 7.82. The summed E-state index contributed by atoms with van der Waals surface area (Å²) < 4.78 is 24.2. The second-order valence-electron chi connectivity index (χ2n) is 9.79. The maximum Gasteiger partial charge on any atom is 0.234 e. The smallest absolute Gasteiger partial charge is 0.234 e. The van der Waals surface area contributed by atoms with Gasteiger partial charge in [-0.15, -0.1) is 5.10 Å². The zero-order valence-corrected chi connectivity index (χ0v) is 20.4. The third kappa shape index (κ3) is 4.06. The normalized spacial score (nSPS) is 20.8. The third-order valence-electron chi connectivity index (χ3n) is 6.73. The van der Waals surface area contributed by atoms with Crippen molar-refractivity contribution >= 4 is 11.4 Å². The molecule has 0 bridgehead atoms. The van der Waals surface area contributed by atoms with Crippen molar-refractivity contribution in [2.24, 2.45) is 10.9 Å². The number of hydrogen-bond acceptors (Lipinski definition) is 5. The standard InChI is InChI=1S/C26H31FN6O/c1-16-12-21(32-14-17(2)28-15-32)25(34-5)29-22(16)23-30-24-20(10-7-11-33(24)31-23)18-8-6-9-19(13-18)26(3,4)27/h6,8-9,13-16,20H,7,10-12H2,1-5H3/t16?,20-/m1/s1. The fraction of sp³-hybridized carbons (Fsp3) is 0.462. The van der Waals surface area contributed by atoms with Gasteiger partial charge in [-0.3, -0.25) is 0 Å². The van der Waals surface area contributed by atoms with Crippen molar-refractivity contribution in [1.82, 2.24) is 24.3 Å². The number of nitrogens with zero attached hydrogens (tertiary/aromatic N) is 6. The van der Waals surface area contributed by atoms with Gasteiger partial charge in [0, 0.05) is 31.0 Å². The number of rotatable bonds is 5. The molecule has 0 spiro atoms. The van der Waals surface area contributed by atoms with E-state index in [1.165, 1.54) is 0 Å². The summed E-state index contributed by atoms with van der Waals surface area (Å²) >= 11 is 0. The van der Waals surface area contributed by atoms with Crippen LogP contribution in [0.4, 0.5) is 4.39 Å². The Morgan fingerprint density at radius 1 is 1.24 bits per heavy atom. The number of methoxy groups -OCH3 is 1. The second-order valence-corrected chi connectivity index (χ2v) is 9.79. The molecule has 7 nitrogen and oxygen atoms in total. The van der Waals surface area contributed by atoms with E-state index < -0.39 is 5.67 Å². The van der Waals surface area contributed by atoms with E-state index in [4.69, 9.17) is 19.8 Å². The van der Waals surface area contributed by atoms with E-state index >= 15 is 0 Å². The summed E-state index contributed by atoms with van der Waals surface area (Å²) in [5, 5.41) is 4.85. The van der Waals surface area contributed by atoms with Gasteiger partial charge in [-0.2, -0.15) is 0 Å². The van der Waals surface area contributed by atoms with E-state index in [0.29, 0.717) is 17.3 Å². The van der Waals surface area contributed by atoms with Crippen LogP contribution in [0.2, 0.25) is 0 Å². The minimum atomic E-state index is -1.38. The number of hydrogen-bond donors (Lipinski definition) is 0. The van der Waals surface area contributed by atoms with Crippen LogP contribution >= 0.6 is 0 Å². The van der Waals surface area contributed by atoms with Crippen LogP contribution in [0.1, 0.15) is 74.4 Å². The maximum atomic E-state index is 14.6. The quantitative estimate of drug-likeness (QED) is 0.522. The fourth-order valence-electron chi connectivity index (χ4n) is 4.88. The molecule has 1 aromatic carbocycles. The minimum Gasteiger partial charge on any atom is -0.480 e. The van der Waals surface area contributed by atoms with Crippen LogP contribution in [0.3, 0.4) is 0 Å². The average molecular weight is 463 g/mol. The summed E-state index contributed by atoms with van der Waals surface area (Å²) in [7, 11) is 1.64. The highest BCUT2D eigenvalue weighted by atomic mass is 19.1. The Balaban J connectivity index is 1.52. The van der Waals surface area contributed by atoms with Crippen molar-refractivity contribution in [2.75, 3.05) is 7.11 Å². The number of allylic oxidation sites excluding steroid dienone is 1. The Morgan fingerprint density at radius 3 is 2.76 bits per heavy atom.